The molecule has 0 aliphatic rings. The first-order chi connectivity index (χ1) is 13.5. The molecular weight excluding hydrogens is 401 g/mol. The van der Waals surface area contributed by atoms with Crippen LogP contribution in [0.4, 0.5) is 4.39 Å². The summed E-state index contributed by atoms with van der Waals surface area (Å²) >= 11 is 7.51. The van der Waals surface area contributed by atoms with Crippen LogP contribution in [0.25, 0.3) is 0 Å². The minimum Gasteiger partial charge on any atom is -0.497 e. The van der Waals surface area contributed by atoms with Crippen molar-refractivity contribution in [3.8, 4) is 11.5 Å². The van der Waals surface area contributed by atoms with E-state index < -0.39 is 0 Å². The van der Waals surface area contributed by atoms with Crippen LogP contribution >= 0.6 is 23.4 Å². The Morgan fingerprint density at radius 2 is 1.86 bits per heavy atom. The maximum atomic E-state index is 14.0. The fourth-order valence-electron chi connectivity index (χ4n) is 2.72. The highest BCUT2D eigenvalue weighted by Crippen LogP contribution is 2.30. The van der Waals surface area contributed by atoms with Crippen LogP contribution < -0.4 is 9.47 Å². The van der Waals surface area contributed by atoms with Gasteiger partial charge in [0.25, 0.3) is 0 Å². The molecule has 5 nitrogen and oxygen atoms in total. The summed E-state index contributed by atoms with van der Waals surface area (Å²) in [7, 11) is 1.62. The second kappa shape index (κ2) is 9.30. The summed E-state index contributed by atoms with van der Waals surface area (Å²) in [5.74, 6) is 2.24. The number of hydrogen-bond acceptors (Lipinski definition) is 5. The van der Waals surface area contributed by atoms with E-state index in [-0.39, 0.29) is 11.9 Å². The maximum absolute atomic E-state index is 14.0. The van der Waals surface area contributed by atoms with Gasteiger partial charge in [-0.1, -0.05) is 29.4 Å². The van der Waals surface area contributed by atoms with Gasteiger partial charge in [-0.3, -0.25) is 0 Å². The summed E-state index contributed by atoms with van der Waals surface area (Å²) in [6.07, 6.45) is -0.299. The lowest BCUT2D eigenvalue weighted by Gasteiger charge is -2.16. The van der Waals surface area contributed by atoms with E-state index in [4.69, 9.17) is 21.1 Å². The molecule has 0 fully saturated rings. The maximum Gasteiger partial charge on any atom is 0.191 e. The monoisotopic (exact) mass is 421 g/mol. The van der Waals surface area contributed by atoms with Crippen molar-refractivity contribution < 1.29 is 13.9 Å². The number of halogens is 2. The molecule has 3 aromatic rings. The molecule has 0 saturated heterocycles. The summed E-state index contributed by atoms with van der Waals surface area (Å²) in [6.45, 7) is 4.60. The van der Waals surface area contributed by atoms with E-state index in [9.17, 15) is 4.39 Å². The molecule has 3 rings (SSSR count). The van der Waals surface area contributed by atoms with Crippen LogP contribution in [0.15, 0.2) is 47.6 Å². The molecule has 28 heavy (non-hydrogen) atoms. The lowest BCUT2D eigenvalue weighted by molar-refractivity contribution is 0.209. The average Bonchev–Trinajstić information content (AvgIpc) is 3.11. The molecule has 0 spiro atoms. The van der Waals surface area contributed by atoms with Gasteiger partial charge in [-0.25, -0.2) is 4.39 Å². The van der Waals surface area contributed by atoms with E-state index >= 15 is 0 Å². The fraction of sp³-hybridized carbons (Fsp3) is 0.300. The summed E-state index contributed by atoms with van der Waals surface area (Å²) in [6, 6.07) is 12.0. The zero-order valence-electron chi connectivity index (χ0n) is 15.9. The van der Waals surface area contributed by atoms with Crippen LogP contribution in [-0.2, 0) is 12.3 Å². The predicted octanol–water partition coefficient (Wildman–Crippen LogP) is 5.53. The van der Waals surface area contributed by atoms with Crippen molar-refractivity contribution in [2.45, 2.75) is 37.4 Å². The van der Waals surface area contributed by atoms with Gasteiger partial charge in [-0.2, -0.15) is 0 Å². The van der Waals surface area contributed by atoms with Crippen molar-refractivity contribution in [1.29, 1.82) is 0 Å². The molecule has 0 aliphatic carbocycles. The van der Waals surface area contributed by atoms with E-state index in [2.05, 4.69) is 10.2 Å². The van der Waals surface area contributed by atoms with Crippen LogP contribution in [0, 0.1) is 5.82 Å². The second-order valence-corrected chi connectivity index (χ2v) is 7.36. The normalized spacial score (nSPS) is 12.0. The van der Waals surface area contributed by atoms with Gasteiger partial charge in [-0.05, 0) is 50.2 Å². The van der Waals surface area contributed by atoms with Gasteiger partial charge in [0.05, 0.1) is 7.11 Å². The van der Waals surface area contributed by atoms with Gasteiger partial charge >= 0.3 is 0 Å². The van der Waals surface area contributed by atoms with Gasteiger partial charge in [0.1, 0.15) is 17.3 Å². The van der Waals surface area contributed by atoms with Gasteiger partial charge in [0, 0.05) is 22.9 Å². The Hall–Kier alpha value is -2.25. The molecule has 0 aliphatic heterocycles. The molecule has 0 amide bonds. The summed E-state index contributed by atoms with van der Waals surface area (Å²) in [4.78, 5) is 0. The Kier molecular flexibility index (Phi) is 6.80. The molecule has 0 N–H and O–H groups in total. The highest BCUT2D eigenvalue weighted by Gasteiger charge is 2.19. The number of benzene rings is 2. The Balaban J connectivity index is 1.73. The van der Waals surface area contributed by atoms with Crippen LogP contribution in [0.3, 0.4) is 0 Å². The summed E-state index contributed by atoms with van der Waals surface area (Å²) < 4.78 is 27.1. The fourth-order valence-corrected chi connectivity index (χ4v) is 4.08. The standard InChI is InChI=1S/C20H21ClFN3O2S/c1-4-25-19(13(2)27-15-10-8-14(26-3)9-11-15)23-24-20(25)28-12-16-17(21)6-5-7-18(16)22/h5-11,13H,4,12H2,1-3H3. The third kappa shape index (κ3) is 4.59. The number of rotatable bonds is 8. The quantitative estimate of drug-likeness (QED) is 0.447. The first-order valence-electron chi connectivity index (χ1n) is 8.83. The first-order valence-corrected chi connectivity index (χ1v) is 10.2. The molecule has 0 bridgehead atoms. The topological polar surface area (TPSA) is 49.2 Å². The third-order valence-electron chi connectivity index (χ3n) is 4.20. The minimum atomic E-state index is -0.320. The number of nitrogens with zero attached hydrogens (tertiary/aromatic N) is 3. The molecule has 0 radical (unpaired) electrons. The Bertz CT molecular complexity index is 913. The highest BCUT2D eigenvalue weighted by molar-refractivity contribution is 7.98. The lowest BCUT2D eigenvalue weighted by Crippen LogP contribution is -2.12. The highest BCUT2D eigenvalue weighted by atomic mass is 35.5. The van der Waals surface area contributed by atoms with Crippen LogP contribution in [-0.4, -0.2) is 21.9 Å². The van der Waals surface area contributed by atoms with Gasteiger partial charge in [0.2, 0.25) is 0 Å². The molecule has 8 heteroatoms. The SMILES string of the molecule is CCn1c(SCc2c(F)cccc2Cl)nnc1C(C)Oc1ccc(OC)cc1. The van der Waals surface area contributed by atoms with Crippen molar-refractivity contribution in [2.75, 3.05) is 7.11 Å². The third-order valence-corrected chi connectivity index (χ3v) is 5.55. The van der Waals surface area contributed by atoms with Crippen molar-refractivity contribution in [2.24, 2.45) is 0 Å². The van der Waals surface area contributed by atoms with Crippen LogP contribution in [0.1, 0.15) is 31.3 Å². The molecule has 0 saturated carbocycles. The van der Waals surface area contributed by atoms with Crippen LogP contribution in [0.2, 0.25) is 5.02 Å². The number of aromatic nitrogens is 3. The molecule has 1 atom stereocenters. The summed E-state index contributed by atoms with van der Waals surface area (Å²) in [5, 5.41) is 9.66. The van der Waals surface area contributed by atoms with Gasteiger partial charge in [-0.15, -0.1) is 10.2 Å². The van der Waals surface area contributed by atoms with Crippen LogP contribution in [0.5, 0.6) is 11.5 Å². The Morgan fingerprint density at radius 3 is 2.50 bits per heavy atom. The second-order valence-electron chi connectivity index (χ2n) is 6.01. The molecule has 1 unspecified atom stereocenters. The number of thioether (sulfide) groups is 1. The molecule has 2 aromatic carbocycles. The van der Waals surface area contributed by atoms with E-state index in [1.807, 2.05) is 42.7 Å². The van der Waals surface area contributed by atoms with E-state index in [0.717, 1.165) is 5.75 Å². The molecule has 1 aromatic heterocycles. The zero-order chi connectivity index (χ0) is 20.1. The van der Waals surface area contributed by atoms with Gasteiger partial charge < -0.3 is 14.0 Å². The van der Waals surface area contributed by atoms with E-state index in [1.165, 1.54) is 17.8 Å². The Labute approximate surface area is 172 Å². The molecular formula is C20H21ClFN3O2S. The average molecular weight is 422 g/mol. The number of ether oxygens (including phenoxy) is 2. The van der Waals surface area contributed by atoms with Crippen molar-refractivity contribution in [3.63, 3.8) is 0 Å². The lowest BCUT2D eigenvalue weighted by atomic mass is 10.2. The van der Waals surface area contributed by atoms with E-state index in [1.54, 1.807) is 19.2 Å². The van der Waals surface area contributed by atoms with Crippen molar-refractivity contribution >= 4 is 23.4 Å². The van der Waals surface area contributed by atoms with Crippen molar-refractivity contribution in [3.05, 3.63) is 64.7 Å². The van der Waals surface area contributed by atoms with E-state index in [0.29, 0.717) is 39.6 Å². The molecule has 148 valence electrons. The Morgan fingerprint density at radius 1 is 1.14 bits per heavy atom. The zero-order valence-corrected chi connectivity index (χ0v) is 17.4. The number of methoxy groups -OCH3 is 1. The summed E-state index contributed by atoms with van der Waals surface area (Å²) in [5.41, 5.74) is 0.462. The largest absolute Gasteiger partial charge is 0.497 e. The molecule has 1 heterocycles. The predicted molar refractivity (Wildman–Crippen MR) is 109 cm³/mol. The first kappa shape index (κ1) is 20.5. The minimum absolute atomic E-state index is 0.299. The smallest absolute Gasteiger partial charge is 0.191 e. The van der Waals surface area contributed by atoms with Crippen molar-refractivity contribution in [1.82, 2.24) is 14.8 Å². The number of hydrogen-bond donors (Lipinski definition) is 0. The van der Waals surface area contributed by atoms with Gasteiger partial charge in [0.15, 0.2) is 17.1 Å².